The van der Waals surface area contributed by atoms with Crippen LogP contribution < -0.4 is 5.73 Å². The third-order valence-electron chi connectivity index (χ3n) is 4.02. The fourth-order valence-electron chi connectivity index (χ4n) is 2.90. The van der Waals surface area contributed by atoms with Crippen LogP contribution in [0.2, 0.25) is 10.0 Å². The molecule has 0 unspecified atom stereocenters. The van der Waals surface area contributed by atoms with Gasteiger partial charge in [0, 0.05) is 21.9 Å². The average Bonchev–Trinajstić information content (AvgIpc) is 3.24. The molecule has 7 heteroatoms. The largest absolute Gasteiger partial charge is 0.393 e. The fraction of sp³-hybridized carbons (Fsp3) is 0.188. The lowest BCUT2D eigenvalue weighted by molar-refractivity contribution is 0.593. The molecule has 1 aliphatic carbocycles. The van der Waals surface area contributed by atoms with E-state index in [4.69, 9.17) is 41.2 Å². The molecule has 0 saturated heterocycles. The summed E-state index contributed by atoms with van der Waals surface area (Å²) in [7, 11) is -3.56. The third-order valence-corrected chi connectivity index (χ3v) is 7.01. The van der Waals surface area contributed by atoms with E-state index in [0.29, 0.717) is 10.0 Å². The van der Waals surface area contributed by atoms with E-state index in [1.54, 1.807) is 30.3 Å². The summed E-state index contributed by atoms with van der Waals surface area (Å²) in [5.74, 6) is -0.656. The van der Waals surface area contributed by atoms with Gasteiger partial charge in [0.15, 0.2) is 9.84 Å². The predicted molar refractivity (Wildman–Crippen MR) is 96.9 cm³/mol. The molecule has 0 bridgehead atoms. The summed E-state index contributed by atoms with van der Waals surface area (Å²) < 4.78 is 25.8. The Morgan fingerprint density at radius 2 is 1.70 bits per heavy atom. The van der Waals surface area contributed by atoms with Crippen molar-refractivity contribution in [3.05, 3.63) is 64.1 Å². The molecule has 3 atom stereocenters. The highest BCUT2D eigenvalue weighted by atomic mass is 35.5. The molecule has 2 N–H and O–H groups in total. The first kappa shape index (κ1) is 16.7. The maximum Gasteiger partial charge on any atom is 0.182 e. The molecule has 0 aliphatic heterocycles. The van der Waals surface area contributed by atoms with Crippen LogP contribution in [0.15, 0.2) is 53.4 Å². The molecule has 23 heavy (non-hydrogen) atoms. The summed E-state index contributed by atoms with van der Waals surface area (Å²) in [6.07, 6.45) is 0. The molecule has 0 amide bonds. The summed E-state index contributed by atoms with van der Waals surface area (Å²) >= 11 is 16.9. The standard InChI is InChI=1S/C16H13Cl2NO2S2/c17-10-4-6-12(7-5-10)23(20,21)15-13(14(15)16(19)22)9-2-1-3-11(18)8-9/h1-8,13-15H,(H2,19,22)/t13-,14+,15+/m0/s1. The average molecular weight is 386 g/mol. The van der Waals surface area contributed by atoms with Crippen LogP contribution in [0.4, 0.5) is 0 Å². The molecule has 1 saturated carbocycles. The van der Waals surface area contributed by atoms with E-state index >= 15 is 0 Å². The van der Waals surface area contributed by atoms with Gasteiger partial charge in [0.25, 0.3) is 0 Å². The number of nitrogens with two attached hydrogens (primary N) is 1. The molecule has 0 aromatic heterocycles. The Labute approximate surface area is 150 Å². The highest BCUT2D eigenvalue weighted by Crippen LogP contribution is 2.54. The van der Waals surface area contributed by atoms with Crippen molar-refractivity contribution < 1.29 is 8.42 Å². The molecule has 3 rings (SSSR count). The van der Waals surface area contributed by atoms with E-state index in [-0.39, 0.29) is 21.7 Å². The lowest BCUT2D eigenvalue weighted by Crippen LogP contribution is -2.17. The van der Waals surface area contributed by atoms with E-state index in [9.17, 15) is 8.42 Å². The first-order valence-electron chi connectivity index (χ1n) is 6.86. The lowest BCUT2D eigenvalue weighted by atomic mass is 10.1. The van der Waals surface area contributed by atoms with Crippen molar-refractivity contribution in [3.8, 4) is 0 Å². The Hall–Kier alpha value is -1.14. The van der Waals surface area contributed by atoms with E-state index < -0.39 is 15.1 Å². The smallest absolute Gasteiger partial charge is 0.182 e. The molecule has 0 heterocycles. The summed E-state index contributed by atoms with van der Waals surface area (Å²) in [4.78, 5) is 0.426. The molecule has 2 aromatic rings. The van der Waals surface area contributed by atoms with Crippen molar-refractivity contribution in [1.82, 2.24) is 0 Å². The van der Waals surface area contributed by atoms with Gasteiger partial charge in [-0.2, -0.15) is 0 Å². The molecule has 1 aliphatic rings. The molecule has 3 nitrogen and oxygen atoms in total. The van der Waals surface area contributed by atoms with Crippen molar-refractivity contribution in [2.24, 2.45) is 11.7 Å². The number of benzene rings is 2. The molecule has 2 aromatic carbocycles. The Morgan fingerprint density at radius 1 is 1.04 bits per heavy atom. The number of thiocarbonyl (C=S) groups is 1. The van der Waals surface area contributed by atoms with Crippen molar-refractivity contribution >= 4 is 50.2 Å². The quantitative estimate of drug-likeness (QED) is 0.812. The van der Waals surface area contributed by atoms with E-state index in [0.717, 1.165) is 5.56 Å². The number of hydrogen-bond acceptors (Lipinski definition) is 3. The lowest BCUT2D eigenvalue weighted by Gasteiger charge is -2.05. The Balaban J connectivity index is 2.00. The summed E-state index contributed by atoms with van der Waals surface area (Å²) in [5.41, 5.74) is 6.60. The molecule has 120 valence electrons. The third kappa shape index (κ3) is 3.11. The summed E-state index contributed by atoms with van der Waals surface area (Å²) in [6, 6.07) is 13.3. The van der Waals surface area contributed by atoms with Gasteiger partial charge >= 0.3 is 0 Å². The van der Waals surface area contributed by atoms with Crippen molar-refractivity contribution in [2.45, 2.75) is 16.1 Å². The van der Waals surface area contributed by atoms with E-state index in [2.05, 4.69) is 0 Å². The maximum absolute atomic E-state index is 12.9. The Kier molecular flexibility index (Phi) is 4.40. The second-order valence-electron chi connectivity index (χ2n) is 5.47. The molecule has 0 radical (unpaired) electrons. The van der Waals surface area contributed by atoms with Crippen molar-refractivity contribution in [3.63, 3.8) is 0 Å². The Bertz CT molecular complexity index is 866. The molecule has 1 fully saturated rings. The molecule has 0 spiro atoms. The van der Waals surface area contributed by atoms with Crippen molar-refractivity contribution in [1.29, 1.82) is 0 Å². The van der Waals surface area contributed by atoms with Crippen LogP contribution in [0.25, 0.3) is 0 Å². The van der Waals surface area contributed by atoms with Gasteiger partial charge in [0.2, 0.25) is 0 Å². The topological polar surface area (TPSA) is 60.2 Å². The van der Waals surface area contributed by atoms with Crippen LogP contribution in [0, 0.1) is 5.92 Å². The van der Waals surface area contributed by atoms with Crippen LogP contribution in [0.5, 0.6) is 0 Å². The molecular formula is C16H13Cl2NO2S2. The van der Waals surface area contributed by atoms with Crippen LogP contribution in [-0.4, -0.2) is 18.7 Å². The minimum Gasteiger partial charge on any atom is -0.393 e. The second kappa shape index (κ2) is 6.06. The second-order valence-corrected chi connectivity index (χ2v) is 8.92. The highest BCUT2D eigenvalue weighted by Gasteiger charge is 2.60. The van der Waals surface area contributed by atoms with Gasteiger partial charge < -0.3 is 5.73 Å². The van der Waals surface area contributed by atoms with E-state index in [1.807, 2.05) is 6.07 Å². The normalized spacial score (nSPS) is 23.5. The first-order valence-corrected chi connectivity index (χ1v) is 9.57. The monoisotopic (exact) mass is 385 g/mol. The fourth-order valence-corrected chi connectivity index (χ4v) is 5.76. The maximum atomic E-state index is 12.9. The van der Waals surface area contributed by atoms with Gasteiger partial charge in [-0.3, -0.25) is 0 Å². The van der Waals surface area contributed by atoms with Gasteiger partial charge in [-0.1, -0.05) is 47.6 Å². The number of halogens is 2. The SMILES string of the molecule is NC(=S)[C@@H]1[C@H](c2cccc(Cl)c2)[C@H]1S(=O)(=O)c1ccc(Cl)cc1. The van der Waals surface area contributed by atoms with Crippen molar-refractivity contribution in [2.75, 3.05) is 0 Å². The van der Waals surface area contributed by atoms with Gasteiger partial charge in [-0.25, -0.2) is 8.42 Å². The predicted octanol–water partition coefficient (Wildman–Crippen LogP) is 3.84. The van der Waals surface area contributed by atoms with Gasteiger partial charge in [0.1, 0.15) is 0 Å². The van der Waals surface area contributed by atoms with Gasteiger partial charge in [-0.05, 0) is 42.0 Å². The number of sulfone groups is 1. The zero-order valence-electron chi connectivity index (χ0n) is 11.8. The summed E-state index contributed by atoms with van der Waals surface area (Å²) in [5, 5.41) is 0.371. The van der Waals surface area contributed by atoms with Crippen LogP contribution >= 0.6 is 35.4 Å². The van der Waals surface area contributed by atoms with Gasteiger partial charge in [0.05, 0.1) is 15.1 Å². The number of rotatable bonds is 4. The van der Waals surface area contributed by atoms with E-state index in [1.165, 1.54) is 12.1 Å². The molecular weight excluding hydrogens is 373 g/mol. The minimum absolute atomic E-state index is 0.206. The number of hydrogen-bond donors (Lipinski definition) is 1. The van der Waals surface area contributed by atoms with Crippen LogP contribution in [0.3, 0.4) is 0 Å². The first-order chi connectivity index (χ1) is 10.8. The minimum atomic E-state index is -3.56. The van der Waals surface area contributed by atoms with Gasteiger partial charge in [-0.15, -0.1) is 0 Å². The summed E-state index contributed by atoms with van der Waals surface area (Å²) in [6.45, 7) is 0. The Morgan fingerprint density at radius 3 is 2.26 bits per heavy atom. The highest BCUT2D eigenvalue weighted by molar-refractivity contribution is 7.92. The zero-order valence-corrected chi connectivity index (χ0v) is 15.0. The van der Waals surface area contributed by atoms with Crippen LogP contribution in [0.1, 0.15) is 11.5 Å². The zero-order chi connectivity index (χ0) is 16.8. The van der Waals surface area contributed by atoms with Crippen LogP contribution in [-0.2, 0) is 9.84 Å².